The van der Waals surface area contributed by atoms with Gasteiger partial charge >= 0.3 is 0 Å². The second-order valence-corrected chi connectivity index (χ2v) is 29.0. The monoisotopic (exact) mass is 917 g/mol. The molecule has 4 aromatic carbocycles. The number of nitrogen functional groups attached to an aromatic ring is 2. The standard InChI is InChI=1S/C65H76N2O2/c66-55-21-47(1-3-57(55)68)65(48-2-4-58(69)56(67)22-48)53-19-49(61-23-35-5-36(24-61)7-37(6-35)25-61)17-51(63-29-41-11-42(30-63)13-43(12-41)31-63)59(53)60-52(64-32-44-14-45(33-64)16-46(15-44)34-64)18-50(20-54(60)65)62-26-38-8-39(27-62)10-40(9-38)28-62/h1-4,17-22,35-46,68-69H,5-16,23-34,66-67H2. The summed E-state index contributed by atoms with van der Waals surface area (Å²) >= 11 is 0. The number of fused-ring (bicyclic) bond motifs is 3. The quantitative estimate of drug-likeness (QED) is 0.101. The summed E-state index contributed by atoms with van der Waals surface area (Å²) in [6, 6.07) is 24.3. The number of phenols is 2. The highest BCUT2D eigenvalue weighted by atomic mass is 16.3. The zero-order valence-electron chi connectivity index (χ0n) is 41.2. The smallest absolute Gasteiger partial charge is 0.138 e. The number of nitrogens with two attached hydrogens (primary N) is 2. The molecule has 0 saturated heterocycles. The molecule has 21 rings (SSSR count). The van der Waals surface area contributed by atoms with Crippen LogP contribution < -0.4 is 11.5 Å². The maximum absolute atomic E-state index is 11.4. The Bertz CT molecular complexity index is 2560. The van der Waals surface area contributed by atoms with Crippen molar-refractivity contribution in [3.05, 3.63) is 105 Å². The van der Waals surface area contributed by atoms with Crippen LogP contribution in [0, 0.1) is 71.0 Å². The van der Waals surface area contributed by atoms with Crippen LogP contribution in [0.4, 0.5) is 11.4 Å². The maximum Gasteiger partial charge on any atom is 0.138 e. The van der Waals surface area contributed by atoms with Crippen LogP contribution in [0.1, 0.15) is 199 Å². The Kier molecular flexibility index (Phi) is 7.88. The van der Waals surface area contributed by atoms with Crippen molar-refractivity contribution >= 4 is 11.4 Å². The molecule has 0 aromatic heterocycles. The number of anilines is 2. The van der Waals surface area contributed by atoms with Gasteiger partial charge in [-0.2, -0.15) is 0 Å². The first-order valence-electron chi connectivity index (χ1n) is 29.0. The lowest BCUT2D eigenvalue weighted by Gasteiger charge is -2.59. The fraction of sp³-hybridized carbons (Fsp3) is 0.631. The van der Waals surface area contributed by atoms with E-state index in [-0.39, 0.29) is 33.2 Å². The SMILES string of the molecule is Nc1cc(C2(c3ccc(O)c(N)c3)c3cc(C45CC6CC(CC(C6)C4)C5)cc(C45CC6CC(CC(C6)C4)C5)c3-c3c(C45CC6CC(CC(C6)C4)C5)cc(C45CC6CC(CC(C6)C4)C5)cc32)ccc1O. The van der Waals surface area contributed by atoms with E-state index in [9.17, 15) is 10.2 Å². The van der Waals surface area contributed by atoms with Crippen molar-refractivity contribution in [1.29, 1.82) is 0 Å². The van der Waals surface area contributed by atoms with E-state index in [1.165, 1.54) is 165 Å². The summed E-state index contributed by atoms with van der Waals surface area (Å²) in [5.41, 5.74) is 30.4. The first kappa shape index (κ1) is 40.7. The lowest BCUT2D eigenvalue weighted by atomic mass is 9.45. The van der Waals surface area contributed by atoms with Gasteiger partial charge in [0.25, 0.3) is 0 Å². The van der Waals surface area contributed by atoms with Gasteiger partial charge in [0.2, 0.25) is 0 Å². The van der Waals surface area contributed by atoms with Crippen molar-refractivity contribution in [3.63, 3.8) is 0 Å². The zero-order valence-corrected chi connectivity index (χ0v) is 41.2. The predicted molar refractivity (Wildman–Crippen MR) is 275 cm³/mol. The molecule has 0 radical (unpaired) electrons. The highest BCUT2D eigenvalue weighted by Crippen LogP contribution is 2.72. The van der Waals surface area contributed by atoms with Crippen LogP contribution in [-0.4, -0.2) is 10.2 Å². The highest BCUT2D eigenvalue weighted by Gasteiger charge is 2.61. The van der Waals surface area contributed by atoms with Crippen molar-refractivity contribution < 1.29 is 10.2 Å². The topological polar surface area (TPSA) is 92.5 Å². The van der Waals surface area contributed by atoms with Crippen LogP contribution in [0.25, 0.3) is 11.1 Å². The molecule has 358 valence electrons. The third-order valence-electron chi connectivity index (χ3n) is 24.8. The zero-order chi connectivity index (χ0) is 45.6. The lowest BCUT2D eigenvalue weighted by Crippen LogP contribution is -2.50. The lowest BCUT2D eigenvalue weighted by molar-refractivity contribution is -0.00894. The van der Waals surface area contributed by atoms with Crippen molar-refractivity contribution in [2.24, 2.45) is 71.0 Å². The van der Waals surface area contributed by atoms with Crippen molar-refractivity contribution in [2.45, 2.75) is 181 Å². The maximum atomic E-state index is 11.4. The van der Waals surface area contributed by atoms with Gasteiger partial charge in [-0.05, 0) is 327 Å². The molecule has 17 aliphatic carbocycles. The van der Waals surface area contributed by atoms with Crippen LogP contribution in [0.3, 0.4) is 0 Å². The van der Waals surface area contributed by atoms with Crippen LogP contribution >= 0.6 is 0 Å². The summed E-state index contributed by atoms with van der Waals surface area (Å²) in [5, 5.41) is 22.8. The fourth-order valence-electron chi connectivity index (χ4n) is 24.2. The van der Waals surface area contributed by atoms with Gasteiger partial charge in [-0.15, -0.1) is 0 Å². The number of benzene rings is 4. The van der Waals surface area contributed by atoms with E-state index in [1.807, 2.05) is 12.1 Å². The van der Waals surface area contributed by atoms with E-state index in [0.717, 1.165) is 82.1 Å². The molecule has 4 aromatic rings. The highest BCUT2D eigenvalue weighted by molar-refractivity contribution is 5.93. The molecule has 0 unspecified atom stereocenters. The van der Waals surface area contributed by atoms with Gasteiger partial charge in [-0.1, -0.05) is 36.4 Å². The van der Waals surface area contributed by atoms with Crippen molar-refractivity contribution in [2.75, 3.05) is 11.5 Å². The minimum absolute atomic E-state index is 0.158. The largest absolute Gasteiger partial charge is 0.506 e. The minimum atomic E-state index is -0.737. The summed E-state index contributed by atoms with van der Waals surface area (Å²) in [6.07, 6.45) is 33.6. The Morgan fingerprint density at radius 1 is 0.304 bits per heavy atom. The van der Waals surface area contributed by atoms with Gasteiger partial charge in [0, 0.05) is 0 Å². The van der Waals surface area contributed by atoms with Gasteiger partial charge in [0.15, 0.2) is 0 Å². The molecule has 6 N–H and O–H groups in total. The summed E-state index contributed by atoms with van der Waals surface area (Å²) in [5.74, 6) is 10.5. The average molecular weight is 917 g/mol. The van der Waals surface area contributed by atoms with Gasteiger partial charge in [-0.25, -0.2) is 0 Å². The normalized spacial score (nSPS) is 44.6. The molecular weight excluding hydrogens is 841 g/mol. The van der Waals surface area contributed by atoms with E-state index < -0.39 is 5.41 Å². The number of rotatable bonds is 6. The Morgan fingerprint density at radius 3 is 0.812 bits per heavy atom. The summed E-state index contributed by atoms with van der Waals surface area (Å²) < 4.78 is 0. The molecule has 0 atom stereocenters. The molecule has 16 fully saturated rings. The Balaban J connectivity index is 1.04. The third-order valence-corrected chi connectivity index (χ3v) is 24.8. The number of phenolic OH excluding ortho intramolecular Hbond substituents is 2. The van der Waals surface area contributed by atoms with E-state index in [4.69, 9.17) is 11.5 Å². The predicted octanol–water partition coefficient (Wildman–Crippen LogP) is 14.5. The average Bonchev–Trinajstić information content (AvgIpc) is 3.59. The number of hydrogen-bond donors (Lipinski definition) is 4. The van der Waals surface area contributed by atoms with E-state index in [2.05, 4.69) is 48.5 Å². The summed E-state index contributed by atoms with van der Waals surface area (Å²) in [6.45, 7) is 0. The molecule has 17 aliphatic rings. The van der Waals surface area contributed by atoms with Crippen molar-refractivity contribution in [3.8, 4) is 22.6 Å². The molecule has 0 spiro atoms. The Morgan fingerprint density at radius 2 is 0.551 bits per heavy atom. The van der Waals surface area contributed by atoms with E-state index in [0.29, 0.717) is 11.4 Å². The fourth-order valence-corrected chi connectivity index (χ4v) is 24.2. The van der Waals surface area contributed by atoms with E-state index in [1.54, 1.807) is 33.4 Å². The third kappa shape index (κ3) is 5.39. The first-order valence-corrected chi connectivity index (χ1v) is 29.0. The van der Waals surface area contributed by atoms with Gasteiger partial charge < -0.3 is 21.7 Å². The molecule has 4 nitrogen and oxygen atoms in total. The van der Waals surface area contributed by atoms with Gasteiger partial charge in [0.1, 0.15) is 11.5 Å². The van der Waals surface area contributed by atoms with Gasteiger partial charge in [0.05, 0.1) is 16.8 Å². The van der Waals surface area contributed by atoms with Crippen molar-refractivity contribution in [1.82, 2.24) is 0 Å². The second kappa shape index (κ2) is 13.4. The molecule has 16 saturated carbocycles. The molecule has 16 bridgehead atoms. The van der Waals surface area contributed by atoms with Crippen LogP contribution in [0.15, 0.2) is 60.7 Å². The van der Waals surface area contributed by atoms with Crippen LogP contribution in [-0.2, 0) is 27.1 Å². The van der Waals surface area contributed by atoms with Crippen LogP contribution in [0.2, 0.25) is 0 Å². The van der Waals surface area contributed by atoms with E-state index >= 15 is 0 Å². The number of hydrogen-bond acceptors (Lipinski definition) is 4. The molecule has 4 heteroatoms. The van der Waals surface area contributed by atoms with Gasteiger partial charge in [-0.3, -0.25) is 0 Å². The molecule has 0 aliphatic heterocycles. The molecule has 69 heavy (non-hydrogen) atoms. The molecule has 0 heterocycles. The molecular formula is C65H76N2O2. The first-order chi connectivity index (χ1) is 33.4. The summed E-state index contributed by atoms with van der Waals surface area (Å²) in [7, 11) is 0. The minimum Gasteiger partial charge on any atom is -0.506 e. The molecule has 0 amide bonds. The van der Waals surface area contributed by atoms with Crippen LogP contribution in [0.5, 0.6) is 11.5 Å². The second-order valence-electron chi connectivity index (χ2n) is 29.0. The summed E-state index contributed by atoms with van der Waals surface area (Å²) in [4.78, 5) is 0. The Hall–Kier alpha value is -3.92. The Labute approximate surface area is 411 Å². The number of aromatic hydroxyl groups is 2.